The monoisotopic (exact) mass is 480 g/mol. The van der Waals surface area contributed by atoms with Crippen LogP contribution in [-0.4, -0.2) is 34.1 Å². The summed E-state index contributed by atoms with van der Waals surface area (Å²) in [5, 5.41) is 11.6. The first-order valence-corrected chi connectivity index (χ1v) is 14.5. The normalized spacial score (nSPS) is 11.6. The van der Waals surface area contributed by atoms with Gasteiger partial charge >= 0.3 is 0 Å². The van der Waals surface area contributed by atoms with Crippen molar-refractivity contribution in [2.24, 2.45) is 0 Å². The minimum Gasteiger partial charge on any atom is -0.453 e. The summed E-state index contributed by atoms with van der Waals surface area (Å²) < 4.78 is 28.3. The van der Waals surface area contributed by atoms with Gasteiger partial charge in [-0.25, -0.2) is 9.37 Å². The van der Waals surface area contributed by atoms with Crippen LogP contribution in [0, 0.1) is 15.9 Å². The first-order valence-electron chi connectivity index (χ1n) is 10.8. The molecule has 0 aliphatic carbocycles. The maximum absolute atomic E-state index is 14.6. The molecule has 0 unspecified atom stereocenters. The second-order valence-electron chi connectivity index (χ2n) is 9.08. The van der Waals surface area contributed by atoms with Gasteiger partial charge < -0.3 is 14.0 Å². The molecule has 0 bridgehead atoms. The highest BCUT2D eigenvalue weighted by Gasteiger charge is 2.19. The average molecular weight is 481 g/mol. The van der Waals surface area contributed by atoms with E-state index in [1.54, 1.807) is 24.7 Å². The highest BCUT2D eigenvalue weighted by atomic mass is 28.3. The smallest absolute Gasteiger partial charge is 0.272 e. The van der Waals surface area contributed by atoms with Gasteiger partial charge in [-0.1, -0.05) is 19.6 Å². The number of non-ortho nitro benzene ring substituents is 1. The van der Waals surface area contributed by atoms with Crippen LogP contribution >= 0.6 is 0 Å². The predicted molar refractivity (Wildman–Crippen MR) is 130 cm³/mol. The second kappa shape index (κ2) is 9.70. The lowest BCUT2D eigenvalue weighted by molar-refractivity contribution is -0.385. The zero-order chi connectivity index (χ0) is 24.3. The Bertz CT molecular complexity index is 1320. The number of aromatic nitrogens is 3. The van der Waals surface area contributed by atoms with Crippen molar-refractivity contribution in [3.05, 3.63) is 77.1 Å². The van der Waals surface area contributed by atoms with Crippen molar-refractivity contribution in [2.75, 3.05) is 6.61 Å². The summed E-state index contributed by atoms with van der Waals surface area (Å²) in [5.41, 5.74) is 2.00. The van der Waals surface area contributed by atoms with E-state index < -0.39 is 18.8 Å². The Kier molecular flexibility index (Phi) is 6.71. The van der Waals surface area contributed by atoms with E-state index in [1.165, 1.54) is 12.1 Å². The van der Waals surface area contributed by atoms with Crippen LogP contribution < -0.4 is 4.74 Å². The van der Waals surface area contributed by atoms with E-state index in [1.807, 2.05) is 22.9 Å². The number of nitro benzene ring substituents is 1. The first kappa shape index (κ1) is 23.5. The third-order valence-corrected chi connectivity index (χ3v) is 6.99. The molecule has 1 aromatic carbocycles. The molecular formula is C24H25FN4O4Si. The molecule has 0 N–H and O–H groups in total. The third-order valence-electron chi connectivity index (χ3n) is 5.28. The Balaban J connectivity index is 1.73. The molecule has 0 radical (unpaired) electrons. The van der Waals surface area contributed by atoms with Gasteiger partial charge in [0.25, 0.3) is 5.69 Å². The number of fused-ring (bicyclic) bond motifs is 1. The summed E-state index contributed by atoms with van der Waals surface area (Å²) in [6.45, 7) is 7.86. The molecule has 3 aromatic heterocycles. The van der Waals surface area contributed by atoms with Gasteiger partial charge in [0.15, 0.2) is 11.6 Å². The van der Waals surface area contributed by atoms with Crippen LogP contribution in [0.1, 0.15) is 0 Å². The fourth-order valence-electron chi connectivity index (χ4n) is 3.47. The van der Waals surface area contributed by atoms with Crippen LogP contribution in [-0.2, 0) is 11.5 Å². The number of rotatable bonds is 9. The third kappa shape index (κ3) is 5.29. The molecule has 0 saturated heterocycles. The van der Waals surface area contributed by atoms with Crippen molar-refractivity contribution in [3.63, 3.8) is 0 Å². The molecule has 34 heavy (non-hydrogen) atoms. The molecule has 4 aromatic rings. The van der Waals surface area contributed by atoms with Crippen molar-refractivity contribution < 1.29 is 18.8 Å². The molecule has 4 rings (SSSR count). The van der Waals surface area contributed by atoms with Gasteiger partial charge in [0.05, 0.1) is 16.4 Å². The number of nitrogens with zero attached hydrogens (tertiary/aromatic N) is 4. The molecule has 0 aliphatic heterocycles. The molecule has 0 saturated carbocycles. The Morgan fingerprint density at radius 3 is 2.53 bits per heavy atom. The zero-order valence-corrected chi connectivity index (χ0v) is 20.2. The Hall–Kier alpha value is -3.63. The Morgan fingerprint density at radius 1 is 1.09 bits per heavy atom. The number of hydrogen-bond acceptors (Lipinski definition) is 6. The second-order valence-corrected chi connectivity index (χ2v) is 14.7. The fraction of sp³-hybridized carbons (Fsp3) is 0.250. The molecule has 0 amide bonds. The Morgan fingerprint density at radius 2 is 1.85 bits per heavy atom. The number of nitro groups is 1. The number of pyridine rings is 2. The summed E-state index contributed by atoms with van der Waals surface area (Å²) in [7, 11) is -1.22. The van der Waals surface area contributed by atoms with E-state index in [2.05, 4.69) is 29.6 Å². The minimum absolute atomic E-state index is 0.113. The lowest BCUT2D eigenvalue weighted by Gasteiger charge is -2.15. The highest BCUT2D eigenvalue weighted by molar-refractivity contribution is 6.76. The van der Waals surface area contributed by atoms with E-state index in [9.17, 15) is 14.5 Å². The van der Waals surface area contributed by atoms with Crippen LogP contribution in [0.4, 0.5) is 10.1 Å². The van der Waals surface area contributed by atoms with Crippen LogP contribution in [0.15, 0.2) is 61.2 Å². The quantitative estimate of drug-likeness (QED) is 0.122. The minimum atomic E-state index is -1.22. The van der Waals surface area contributed by atoms with Crippen LogP contribution in [0.25, 0.3) is 22.2 Å². The van der Waals surface area contributed by atoms with Crippen molar-refractivity contribution >= 4 is 24.8 Å². The summed E-state index contributed by atoms with van der Waals surface area (Å²) in [5.74, 6) is -0.554. The topological polar surface area (TPSA) is 92.3 Å². The lowest BCUT2D eigenvalue weighted by Crippen LogP contribution is -2.22. The maximum Gasteiger partial charge on any atom is 0.272 e. The molecule has 8 nitrogen and oxygen atoms in total. The van der Waals surface area contributed by atoms with Gasteiger partial charge in [-0.3, -0.25) is 15.1 Å². The summed E-state index contributed by atoms with van der Waals surface area (Å²) in [6, 6.07) is 9.73. The van der Waals surface area contributed by atoms with Crippen molar-refractivity contribution in [2.45, 2.75) is 32.4 Å². The van der Waals surface area contributed by atoms with E-state index >= 15 is 0 Å². The summed E-state index contributed by atoms with van der Waals surface area (Å²) in [6.07, 6.45) is 6.89. The largest absolute Gasteiger partial charge is 0.453 e. The van der Waals surface area contributed by atoms with Gasteiger partial charge in [0.1, 0.15) is 18.1 Å². The standard InChI is InChI=1S/C24H25FN4O4Si/c1-34(2,3)13-12-32-16-28-15-19(17-6-9-26-10-7-17)23-22(8-11-27-24(23)28)33-21-5-4-18(29(30)31)14-20(21)25/h4-11,14-15H,12-13,16H2,1-3H3. The average Bonchev–Trinajstić information content (AvgIpc) is 3.17. The number of ether oxygens (including phenoxy) is 2. The van der Waals surface area contributed by atoms with Crippen molar-refractivity contribution in [1.29, 1.82) is 0 Å². The van der Waals surface area contributed by atoms with Gasteiger partial charge in [-0.2, -0.15) is 0 Å². The highest BCUT2D eigenvalue weighted by Crippen LogP contribution is 2.38. The number of halogens is 1. The van der Waals surface area contributed by atoms with E-state index in [-0.39, 0.29) is 11.4 Å². The van der Waals surface area contributed by atoms with E-state index in [0.717, 1.165) is 23.2 Å². The van der Waals surface area contributed by atoms with E-state index in [0.29, 0.717) is 30.1 Å². The zero-order valence-electron chi connectivity index (χ0n) is 19.2. The van der Waals surface area contributed by atoms with Crippen molar-refractivity contribution in [1.82, 2.24) is 14.5 Å². The molecule has 3 heterocycles. The molecule has 176 valence electrons. The summed E-state index contributed by atoms with van der Waals surface area (Å²) >= 11 is 0. The first-order chi connectivity index (χ1) is 16.2. The molecule has 0 atom stereocenters. The Labute approximate surface area is 197 Å². The van der Waals surface area contributed by atoms with E-state index in [4.69, 9.17) is 9.47 Å². The van der Waals surface area contributed by atoms with Gasteiger partial charge in [-0.15, -0.1) is 0 Å². The fourth-order valence-corrected chi connectivity index (χ4v) is 4.22. The molecular weight excluding hydrogens is 455 g/mol. The SMILES string of the molecule is C[Si](C)(C)CCOCn1cc(-c2ccncc2)c2c(Oc3ccc([N+](=O)[O-])cc3F)ccnc21. The van der Waals surface area contributed by atoms with Gasteiger partial charge in [-0.05, 0) is 35.9 Å². The lowest BCUT2D eigenvalue weighted by atomic mass is 10.1. The van der Waals surface area contributed by atoms with Gasteiger partial charge in [0.2, 0.25) is 0 Å². The molecule has 0 aliphatic rings. The maximum atomic E-state index is 14.6. The predicted octanol–water partition coefficient (Wildman–Crippen LogP) is 6.25. The molecule has 0 spiro atoms. The van der Waals surface area contributed by atoms with Crippen LogP contribution in [0.3, 0.4) is 0 Å². The van der Waals surface area contributed by atoms with Gasteiger partial charge in [0, 0.05) is 51.1 Å². The molecule has 0 fully saturated rings. The number of hydrogen-bond donors (Lipinski definition) is 0. The van der Waals surface area contributed by atoms with Crippen molar-refractivity contribution in [3.8, 4) is 22.6 Å². The summed E-state index contributed by atoms with van der Waals surface area (Å²) in [4.78, 5) is 18.9. The van der Waals surface area contributed by atoms with Crippen LogP contribution in [0.2, 0.25) is 25.7 Å². The van der Waals surface area contributed by atoms with Crippen LogP contribution in [0.5, 0.6) is 11.5 Å². The number of benzene rings is 1. The molecule has 10 heteroatoms.